The molecule has 0 saturated carbocycles. The maximum atomic E-state index is 12.2. The van der Waals surface area contributed by atoms with E-state index in [0.29, 0.717) is 26.3 Å². The maximum Gasteiger partial charge on any atom is 0.253 e. The molecule has 2 saturated heterocycles. The Hall–Kier alpha value is -0.650. The van der Waals surface area contributed by atoms with Crippen molar-refractivity contribution in [3.63, 3.8) is 0 Å². The van der Waals surface area contributed by atoms with Crippen LogP contribution in [0.15, 0.2) is 0 Å². The molecule has 16 heavy (non-hydrogen) atoms. The van der Waals surface area contributed by atoms with E-state index in [2.05, 4.69) is 5.32 Å². The number of rotatable bonds is 1. The normalized spacial score (nSPS) is 36.1. The summed E-state index contributed by atoms with van der Waals surface area (Å²) < 4.78 is 11.0. The molecule has 0 aliphatic carbocycles. The summed E-state index contributed by atoms with van der Waals surface area (Å²) in [4.78, 5) is 14.1. The Morgan fingerprint density at radius 1 is 1.38 bits per heavy atom. The van der Waals surface area contributed by atoms with Crippen molar-refractivity contribution >= 4 is 5.91 Å². The van der Waals surface area contributed by atoms with Gasteiger partial charge >= 0.3 is 0 Å². The molecule has 0 aromatic carbocycles. The van der Waals surface area contributed by atoms with Crippen LogP contribution in [-0.2, 0) is 14.3 Å². The standard InChI is InChI=1S/C11H20N2O3/c1-8-7-16-9(2)6-13(8)11(14)10-5-12-3-4-15-10/h8-10,12H,3-7H2,1-2H3. The van der Waals surface area contributed by atoms with Crippen LogP contribution in [0.2, 0.25) is 0 Å². The zero-order valence-corrected chi connectivity index (χ0v) is 9.94. The van der Waals surface area contributed by atoms with E-state index in [9.17, 15) is 4.79 Å². The highest BCUT2D eigenvalue weighted by atomic mass is 16.5. The van der Waals surface area contributed by atoms with Gasteiger partial charge < -0.3 is 19.7 Å². The molecule has 2 heterocycles. The van der Waals surface area contributed by atoms with Crippen LogP contribution in [-0.4, -0.2) is 61.9 Å². The van der Waals surface area contributed by atoms with Crippen molar-refractivity contribution in [2.75, 3.05) is 32.8 Å². The Balaban J connectivity index is 1.96. The van der Waals surface area contributed by atoms with Gasteiger partial charge in [0.1, 0.15) is 6.10 Å². The highest BCUT2D eigenvalue weighted by Gasteiger charge is 2.33. The maximum absolute atomic E-state index is 12.2. The molecule has 2 fully saturated rings. The van der Waals surface area contributed by atoms with Crippen LogP contribution < -0.4 is 5.32 Å². The smallest absolute Gasteiger partial charge is 0.253 e. The molecular weight excluding hydrogens is 208 g/mol. The first-order valence-corrected chi connectivity index (χ1v) is 5.93. The van der Waals surface area contributed by atoms with Crippen molar-refractivity contribution in [2.24, 2.45) is 0 Å². The molecule has 5 nitrogen and oxygen atoms in total. The van der Waals surface area contributed by atoms with Gasteiger partial charge in [-0.1, -0.05) is 0 Å². The Labute approximate surface area is 96.1 Å². The zero-order chi connectivity index (χ0) is 11.5. The van der Waals surface area contributed by atoms with Gasteiger partial charge in [0.25, 0.3) is 5.91 Å². The lowest BCUT2D eigenvalue weighted by molar-refractivity contribution is -0.156. The monoisotopic (exact) mass is 228 g/mol. The number of nitrogens with one attached hydrogen (secondary N) is 1. The molecule has 1 N–H and O–H groups in total. The van der Waals surface area contributed by atoms with Crippen LogP contribution >= 0.6 is 0 Å². The summed E-state index contributed by atoms with van der Waals surface area (Å²) in [6, 6.07) is 0.147. The van der Waals surface area contributed by atoms with Gasteiger partial charge in [-0.2, -0.15) is 0 Å². The molecule has 3 atom stereocenters. The minimum atomic E-state index is -0.318. The number of ether oxygens (including phenoxy) is 2. The van der Waals surface area contributed by atoms with Crippen molar-refractivity contribution in [3.05, 3.63) is 0 Å². The molecule has 0 bridgehead atoms. The van der Waals surface area contributed by atoms with E-state index >= 15 is 0 Å². The van der Waals surface area contributed by atoms with Gasteiger partial charge in [0.05, 0.1) is 25.4 Å². The molecule has 0 aromatic rings. The average Bonchev–Trinajstić information content (AvgIpc) is 2.32. The SMILES string of the molecule is CC1CN(C(=O)C2CNCCO2)C(C)CO1. The van der Waals surface area contributed by atoms with Gasteiger partial charge in [-0.15, -0.1) is 0 Å². The lowest BCUT2D eigenvalue weighted by Gasteiger charge is -2.39. The second-order valence-corrected chi connectivity index (χ2v) is 4.55. The van der Waals surface area contributed by atoms with Crippen LogP contribution in [0.3, 0.4) is 0 Å². The minimum Gasteiger partial charge on any atom is -0.375 e. The molecule has 1 amide bonds. The Morgan fingerprint density at radius 2 is 2.19 bits per heavy atom. The van der Waals surface area contributed by atoms with Gasteiger partial charge in [-0.05, 0) is 13.8 Å². The molecule has 92 valence electrons. The van der Waals surface area contributed by atoms with Gasteiger partial charge in [-0.3, -0.25) is 4.79 Å². The average molecular weight is 228 g/mol. The summed E-state index contributed by atoms with van der Waals surface area (Å²) in [5, 5.41) is 3.18. The number of nitrogens with zero attached hydrogens (tertiary/aromatic N) is 1. The molecule has 0 aromatic heterocycles. The predicted octanol–water partition coefficient (Wildman–Crippen LogP) is -0.389. The van der Waals surface area contributed by atoms with E-state index in [1.165, 1.54) is 0 Å². The van der Waals surface area contributed by atoms with Crippen LogP contribution in [0, 0.1) is 0 Å². The molecule has 2 rings (SSSR count). The van der Waals surface area contributed by atoms with Crippen molar-refractivity contribution in [2.45, 2.75) is 32.1 Å². The lowest BCUT2D eigenvalue weighted by atomic mass is 10.1. The quantitative estimate of drug-likeness (QED) is 0.664. The summed E-state index contributed by atoms with van der Waals surface area (Å²) in [6.07, 6.45) is -0.196. The molecule has 0 radical (unpaired) electrons. The van der Waals surface area contributed by atoms with Crippen LogP contribution in [0.1, 0.15) is 13.8 Å². The van der Waals surface area contributed by atoms with E-state index in [0.717, 1.165) is 6.54 Å². The summed E-state index contributed by atoms with van der Waals surface area (Å²) >= 11 is 0. The fourth-order valence-electron chi connectivity index (χ4n) is 2.12. The van der Waals surface area contributed by atoms with Crippen molar-refractivity contribution in [1.82, 2.24) is 10.2 Å². The number of amides is 1. The van der Waals surface area contributed by atoms with E-state index in [-0.39, 0.29) is 24.2 Å². The van der Waals surface area contributed by atoms with E-state index in [1.54, 1.807) is 0 Å². The summed E-state index contributed by atoms with van der Waals surface area (Å²) in [7, 11) is 0. The summed E-state index contributed by atoms with van der Waals surface area (Å²) in [5.41, 5.74) is 0. The number of carbonyl (C=O) groups is 1. The summed E-state index contributed by atoms with van der Waals surface area (Å²) in [6.45, 7) is 7.36. The summed E-state index contributed by atoms with van der Waals surface area (Å²) in [5.74, 6) is 0.0925. The topological polar surface area (TPSA) is 50.8 Å². The third kappa shape index (κ3) is 2.53. The van der Waals surface area contributed by atoms with Crippen molar-refractivity contribution in [3.8, 4) is 0 Å². The van der Waals surface area contributed by atoms with Gasteiger partial charge in [-0.25, -0.2) is 0 Å². The first-order chi connectivity index (χ1) is 7.68. The zero-order valence-electron chi connectivity index (χ0n) is 9.94. The third-order valence-corrected chi connectivity index (χ3v) is 3.09. The minimum absolute atomic E-state index is 0.0925. The molecule has 5 heteroatoms. The van der Waals surface area contributed by atoms with E-state index in [1.807, 2.05) is 18.7 Å². The highest BCUT2D eigenvalue weighted by Crippen LogP contribution is 2.14. The third-order valence-electron chi connectivity index (χ3n) is 3.09. The second-order valence-electron chi connectivity index (χ2n) is 4.55. The second kappa shape index (κ2) is 5.12. The molecular formula is C11H20N2O3. The predicted molar refractivity (Wildman–Crippen MR) is 59.2 cm³/mol. The van der Waals surface area contributed by atoms with E-state index < -0.39 is 0 Å². The van der Waals surface area contributed by atoms with Gasteiger partial charge in [0.2, 0.25) is 0 Å². The number of hydrogen-bond donors (Lipinski definition) is 1. The van der Waals surface area contributed by atoms with Crippen LogP contribution in [0.5, 0.6) is 0 Å². The largest absolute Gasteiger partial charge is 0.375 e. The first kappa shape index (κ1) is 11.8. The number of morpholine rings is 2. The highest BCUT2D eigenvalue weighted by molar-refractivity contribution is 5.81. The molecule has 2 aliphatic heterocycles. The Kier molecular flexibility index (Phi) is 3.78. The Bertz CT molecular complexity index is 254. The molecule has 3 unspecified atom stereocenters. The lowest BCUT2D eigenvalue weighted by Crippen LogP contribution is -2.56. The van der Waals surface area contributed by atoms with Crippen molar-refractivity contribution in [1.29, 1.82) is 0 Å². The van der Waals surface area contributed by atoms with E-state index in [4.69, 9.17) is 9.47 Å². The Morgan fingerprint density at radius 3 is 2.88 bits per heavy atom. The fourth-order valence-corrected chi connectivity index (χ4v) is 2.12. The van der Waals surface area contributed by atoms with Crippen molar-refractivity contribution < 1.29 is 14.3 Å². The van der Waals surface area contributed by atoms with Crippen LogP contribution in [0.25, 0.3) is 0 Å². The number of carbonyl (C=O) groups excluding carboxylic acids is 1. The van der Waals surface area contributed by atoms with Gasteiger partial charge in [0.15, 0.2) is 0 Å². The van der Waals surface area contributed by atoms with Crippen LogP contribution in [0.4, 0.5) is 0 Å². The van der Waals surface area contributed by atoms with Gasteiger partial charge in [0, 0.05) is 19.6 Å². The first-order valence-electron chi connectivity index (χ1n) is 5.93. The fraction of sp³-hybridized carbons (Fsp3) is 0.909. The number of hydrogen-bond acceptors (Lipinski definition) is 4. The molecule has 2 aliphatic rings. The molecule has 0 spiro atoms.